The molecule has 1 unspecified atom stereocenters. The summed E-state index contributed by atoms with van der Waals surface area (Å²) in [5.41, 5.74) is 0.900. The summed E-state index contributed by atoms with van der Waals surface area (Å²) in [4.78, 5) is 0. The molecule has 3 heteroatoms. The molecule has 0 aliphatic heterocycles. The van der Waals surface area contributed by atoms with Gasteiger partial charge in [0, 0.05) is 5.92 Å². The Labute approximate surface area is 71.6 Å². The van der Waals surface area contributed by atoms with E-state index in [2.05, 4.69) is 24.0 Å². The third-order valence-electron chi connectivity index (χ3n) is 1.78. The van der Waals surface area contributed by atoms with Crippen molar-refractivity contribution >= 4 is 11.6 Å². The number of hydrogen-bond donors (Lipinski definition) is 0. The zero-order valence-electron chi connectivity index (χ0n) is 6.71. The van der Waals surface area contributed by atoms with Crippen LogP contribution >= 0.6 is 11.6 Å². The molecule has 1 atom stereocenters. The van der Waals surface area contributed by atoms with Crippen molar-refractivity contribution in [1.82, 2.24) is 10.2 Å². The van der Waals surface area contributed by atoms with Crippen LogP contribution in [0.25, 0.3) is 0 Å². The molecule has 0 spiro atoms. The van der Waals surface area contributed by atoms with E-state index in [1.54, 1.807) is 12.3 Å². The lowest BCUT2D eigenvalue weighted by molar-refractivity contribution is 0.691. The number of halogens is 1. The van der Waals surface area contributed by atoms with Crippen LogP contribution < -0.4 is 0 Å². The van der Waals surface area contributed by atoms with Crippen molar-refractivity contribution in [2.75, 3.05) is 0 Å². The molecule has 0 N–H and O–H groups in total. The summed E-state index contributed by atoms with van der Waals surface area (Å²) in [7, 11) is 0. The van der Waals surface area contributed by atoms with E-state index >= 15 is 0 Å². The quantitative estimate of drug-likeness (QED) is 0.682. The van der Waals surface area contributed by atoms with E-state index < -0.39 is 0 Å². The van der Waals surface area contributed by atoms with Gasteiger partial charge in [-0.05, 0) is 12.5 Å². The Kier molecular flexibility index (Phi) is 2.83. The van der Waals surface area contributed by atoms with Crippen molar-refractivity contribution in [3.8, 4) is 0 Å². The number of rotatable bonds is 2. The second kappa shape index (κ2) is 3.67. The lowest BCUT2D eigenvalue weighted by Gasteiger charge is -2.07. The summed E-state index contributed by atoms with van der Waals surface area (Å²) < 4.78 is 0. The molecule has 11 heavy (non-hydrogen) atoms. The van der Waals surface area contributed by atoms with E-state index in [1.807, 2.05) is 0 Å². The SMILES string of the molecule is CCC(C)c1nnccc1Cl. The van der Waals surface area contributed by atoms with Gasteiger partial charge in [0.05, 0.1) is 16.9 Å². The van der Waals surface area contributed by atoms with E-state index in [4.69, 9.17) is 11.6 Å². The van der Waals surface area contributed by atoms with Gasteiger partial charge in [-0.25, -0.2) is 0 Å². The minimum Gasteiger partial charge on any atom is -0.159 e. The Balaban J connectivity index is 2.93. The third kappa shape index (κ3) is 1.90. The van der Waals surface area contributed by atoms with Crippen molar-refractivity contribution in [1.29, 1.82) is 0 Å². The van der Waals surface area contributed by atoms with Crippen molar-refractivity contribution in [2.45, 2.75) is 26.2 Å². The summed E-state index contributed by atoms with van der Waals surface area (Å²) in [5.74, 6) is 0.399. The third-order valence-corrected chi connectivity index (χ3v) is 2.10. The highest BCUT2D eigenvalue weighted by Crippen LogP contribution is 2.22. The highest BCUT2D eigenvalue weighted by molar-refractivity contribution is 6.31. The van der Waals surface area contributed by atoms with Crippen molar-refractivity contribution in [3.63, 3.8) is 0 Å². The van der Waals surface area contributed by atoms with Gasteiger partial charge in [-0.15, -0.1) is 0 Å². The Bertz CT molecular complexity index is 237. The fourth-order valence-electron chi connectivity index (χ4n) is 0.855. The van der Waals surface area contributed by atoms with Crippen LogP contribution in [-0.4, -0.2) is 10.2 Å². The first-order valence-electron chi connectivity index (χ1n) is 3.72. The Hall–Kier alpha value is -0.630. The standard InChI is InChI=1S/C8H11ClN2/c1-3-6(2)8-7(9)4-5-10-11-8/h4-6H,3H2,1-2H3. The largest absolute Gasteiger partial charge is 0.159 e. The van der Waals surface area contributed by atoms with Crippen LogP contribution in [0.2, 0.25) is 5.02 Å². The Morgan fingerprint density at radius 3 is 2.91 bits per heavy atom. The number of nitrogens with zero attached hydrogens (tertiary/aromatic N) is 2. The molecule has 0 bridgehead atoms. The zero-order chi connectivity index (χ0) is 8.27. The first kappa shape index (κ1) is 8.47. The summed E-state index contributed by atoms with van der Waals surface area (Å²) in [6.07, 6.45) is 2.65. The van der Waals surface area contributed by atoms with Crippen LogP contribution in [0.5, 0.6) is 0 Å². The molecule has 0 radical (unpaired) electrons. The van der Waals surface area contributed by atoms with Gasteiger partial charge >= 0.3 is 0 Å². The lowest BCUT2D eigenvalue weighted by atomic mass is 10.1. The van der Waals surface area contributed by atoms with E-state index in [1.165, 1.54) is 0 Å². The smallest absolute Gasteiger partial charge is 0.0844 e. The lowest BCUT2D eigenvalue weighted by Crippen LogP contribution is -1.97. The Morgan fingerprint density at radius 1 is 1.64 bits per heavy atom. The average molecular weight is 171 g/mol. The number of aromatic nitrogens is 2. The van der Waals surface area contributed by atoms with E-state index in [0.717, 1.165) is 12.1 Å². The molecule has 0 aliphatic carbocycles. The maximum atomic E-state index is 5.90. The molecule has 0 aliphatic rings. The molecule has 1 aromatic heterocycles. The van der Waals surface area contributed by atoms with Gasteiger partial charge in [-0.3, -0.25) is 0 Å². The van der Waals surface area contributed by atoms with Crippen LogP contribution in [0.15, 0.2) is 12.3 Å². The predicted octanol–water partition coefficient (Wildman–Crippen LogP) is 2.64. The average Bonchev–Trinajstić information content (AvgIpc) is 2.04. The van der Waals surface area contributed by atoms with Crippen molar-refractivity contribution in [2.24, 2.45) is 0 Å². The summed E-state index contributed by atoms with van der Waals surface area (Å²) in [6, 6.07) is 1.77. The first-order valence-corrected chi connectivity index (χ1v) is 4.10. The molecule has 1 rings (SSSR count). The monoisotopic (exact) mass is 170 g/mol. The van der Waals surface area contributed by atoms with Crippen molar-refractivity contribution in [3.05, 3.63) is 23.0 Å². The van der Waals surface area contributed by atoms with Gasteiger partial charge in [0.2, 0.25) is 0 Å². The second-order valence-electron chi connectivity index (χ2n) is 2.57. The Morgan fingerprint density at radius 2 is 2.36 bits per heavy atom. The molecular formula is C8H11ClN2. The van der Waals surface area contributed by atoms with Gasteiger partial charge in [0.25, 0.3) is 0 Å². The molecule has 0 amide bonds. The molecule has 2 nitrogen and oxygen atoms in total. The maximum Gasteiger partial charge on any atom is 0.0844 e. The number of hydrogen-bond acceptors (Lipinski definition) is 2. The molecule has 60 valence electrons. The van der Waals surface area contributed by atoms with Gasteiger partial charge in [-0.2, -0.15) is 10.2 Å². The van der Waals surface area contributed by atoms with Gasteiger partial charge in [-0.1, -0.05) is 25.4 Å². The highest BCUT2D eigenvalue weighted by Gasteiger charge is 2.08. The first-order chi connectivity index (χ1) is 5.25. The summed E-state index contributed by atoms with van der Waals surface area (Å²) in [5, 5.41) is 8.46. The predicted molar refractivity (Wildman–Crippen MR) is 45.7 cm³/mol. The zero-order valence-corrected chi connectivity index (χ0v) is 7.47. The van der Waals surface area contributed by atoms with Gasteiger partial charge in [0.15, 0.2) is 0 Å². The van der Waals surface area contributed by atoms with E-state index in [-0.39, 0.29) is 0 Å². The second-order valence-corrected chi connectivity index (χ2v) is 2.98. The molecule has 0 fully saturated rings. The highest BCUT2D eigenvalue weighted by atomic mass is 35.5. The minimum atomic E-state index is 0.399. The molecule has 1 heterocycles. The molecule has 0 aromatic carbocycles. The van der Waals surface area contributed by atoms with Gasteiger partial charge < -0.3 is 0 Å². The molecular weight excluding hydrogens is 160 g/mol. The van der Waals surface area contributed by atoms with Crippen molar-refractivity contribution < 1.29 is 0 Å². The topological polar surface area (TPSA) is 25.8 Å². The maximum absolute atomic E-state index is 5.90. The molecule has 1 aromatic rings. The normalized spacial score (nSPS) is 13.0. The van der Waals surface area contributed by atoms with Crippen LogP contribution in [0.1, 0.15) is 31.9 Å². The van der Waals surface area contributed by atoms with Crippen LogP contribution in [-0.2, 0) is 0 Å². The molecule has 0 saturated heterocycles. The fourth-order valence-corrected chi connectivity index (χ4v) is 1.14. The summed E-state index contributed by atoms with van der Waals surface area (Å²) in [6.45, 7) is 4.20. The molecule has 0 saturated carbocycles. The van der Waals surface area contributed by atoms with E-state index in [0.29, 0.717) is 10.9 Å². The summed E-state index contributed by atoms with van der Waals surface area (Å²) >= 11 is 5.90. The van der Waals surface area contributed by atoms with Crippen LogP contribution in [0.4, 0.5) is 0 Å². The van der Waals surface area contributed by atoms with Crippen LogP contribution in [0.3, 0.4) is 0 Å². The van der Waals surface area contributed by atoms with Crippen LogP contribution in [0, 0.1) is 0 Å². The van der Waals surface area contributed by atoms with E-state index in [9.17, 15) is 0 Å². The van der Waals surface area contributed by atoms with Gasteiger partial charge in [0.1, 0.15) is 0 Å². The fraction of sp³-hybridized carbons (Fsp3) is 0.500. The minimum absolute atomic E-state index is 0.399.